The van der Waals surface area contributed by atoms with Gasteiger partial charge in [0.2, 0.25) is 0 Å². The van der Waals surface area contributed by atoms with Crippen molar-refractivity contribution < 1.29 is 22.3 Å². The Balaban J connectivity index is 2.22. The Kier molecular flexibility index (Phi) is 4.24. The van der Waals surface area contributed by atoms with Gasteiger partial charge in [-0.2, -0.15) is 8.78 Å². The third-order valence-corrected chi connectivity index (χ3v) is 2.76. The van der Waals surface area contributed by atoms with E-state index in [1.165, 1.54) is 30.3 Å². The van der Waals surface area contributed by atoms with Crippen molar-refractivity contribution in [1.82, 2.24) is 0 Å². The highest BCUT2D eigenvalue weighted by molar-refractivity contribution is 5.35. The minimum absolute atomic E-state index is 0.0180. The zero-order valence-corrected chi connectivity index (χ0v) is 10.2. The lowest BCUT2D eigenvalue weighted by Crippen LogP contribution is -2.13. The molecule has 1 unspecified atom stereocenters. The van der Waals surface area contributed by atoms with E-state index in [1.54, 1.807) is 0 Å². The van der Waals surface area contributed by atoms with Crippen LogP contribution in [0.25, 0.3) is 0 Å². The molecule has 106 valence electrons. The Morgan fingerprint density at radius 3 is 2.15 bits per heavy atom. The van der Waals surface area contributed by atoms with Crippen molar-refractivity contribution in [2.24, 2.45) is 5.73 Å². The summed E-state index contributed by atoms with van der Waals surface area (Å²) in [4.78, 5) is 0. The Morgan fingerprint density at radius 2 is 1.60 bits per heavy atom. The van der Waals surface area contributed by atoms with E-state index in [2.05, 4.69) is 4.74 Å². The van der Waals surface area contributed by atoms with E-state index in [0.29, 0.717) is 5.56 Å². The van der Waals surface area contributed by atoms with Crippen LogP contribution in [0.3, 0.4) is 0 Å². The predicted molar refractivity (Wildman–Crippen MR) is 65.5 cm³/mol. The topological polar surface area (TPSA) is 35.2 Å². The number of hydrogen-bond donors (Lipinski definition) is 1. The molecule has 1 atom stereocenters. The Morgan fingerprint density at radius 1 is 0.950 bits per heavy atom. The second-order valence-electron chi connectivity index (χ2n) is 4.09. The second-order valence-corrected chi connectivity index (χ2v) is 4.09. The van der Waals surface area contributed by atoms with Crippen molar-refractivity contribution in [3.63, 3.8) is 0 Å². The van der Waals surface area contributed by atoms with Gasteiger partial charge in [0.15, 0.2) is 0 Å². The highest BCUT2D eigenvalue weighted by Crippen LogP contribution is 2.25. The molecule has 0 radical (unpaired) electrons. The molecule has 6 heteroatoms. The fraction of sp³-hybridized carbons (Fsp3) is 0.143. The fourth-order valence-electron chi connectivity index (χ4n) is 1.79. The van der Waals surface area contributed by atoms with Crippen LogP contribution in [0.2, 0.25) is 0 Å². The summed E-state index contributed by atoms with van der Waals surface area (Å²) in [6.07, 6.45) is 0. The van der Waals surface area contributed by atoms with E-state index in [-0.39, 0.29) is 11.3 Å². The lowest BCUT2D eigenvalue weighted by atomic mass is 9.99. The molecule has 0 aromatic heterocycles. The Bertz CT molecular complexity index is 586. The minimum atomic E-state index is -2.91. The fourth-order valence-corrected chi connectivity index (χ4v) is 1.79. The molecular formula is C14H11F4NO. The van der Waals surface area contributed by atoms with Gasteiger partial charge in [0, 0.05) is 11.6 Å². The van der Waals surface area contributed by atoms with Crippen LogP contribution in [0.4, 0.5) is 17.6 Å². The molecule has 2 nitrogen and oxygen atoms in total. The molecule has 0 aliphatic carbocycles. The summed E-state index contributed by atoms with van der Waals surface area (Å²) in [5.41, 5.74) is 6.48. The highest BCUT2D eigenvalue weighted by atomic mass is 19.3. The summed E-state index contributed by atoms with van der Waals surface area (Å²) < 4.78 is 54.6. The van der Waals surface area contributed by atoms with Gasteiger partial charge >= 0.3 is 6.61 Å². The SMILES string of the molecule is NC(c1ccc(OC(F)F)cc1)c1ccc(F)cc1F. The third kappa shape index (κ3) is 3.27. The second kappa shape index (κ2) is 5.92. The van der Waals surface area contributed by atoms with E-state index >= 15 is 0 Å². The molecule has 0 bridgehead atoms. The van der Waals surface area contributed by atoms with Crippen LogP contribution in [0.1, 0.15) is 17.2 Å². The smallest absolute Gasteiger partial charge is 0.387 e. The van der Waals surface area contributed by atoms with Crippen molar-refractivity contribution in [3.05, 3.63) is 65.2 Å². The summed E-state index contributed by atoms with van der Waals surface area (Å²) in [5, 5.41) is 0. The quantitative estimate of drug-likeness (QED) is 0.871. The summed E-state index contributed by atoms with van der Waals surface area (Å²) in [7, 11) is 0. The van der Waals surface area contributed by atoms with Gasteiger partial charge in [-0.3, -0.25) is 0 Å². The van der Waals surface area contributed by atoms with Crippen molar-refractivity contribution in [1.29, 1.82) is 0 Å². The predicted octanol–water partition coefficient (Wildman–Crippen LogP) is 3.61. The van der Waals surface area contributed by atoms with E-state index in [4.69, 9.17) is 5.73 Å². The molecule has 2 N–H and O–H groups in total. The zero-order chi connectivity index (χ0) is 14.7. The van der Waals surface area contributed by atoms with E-state index in [9.17, 15) is 17.6 Å². The van der Waals surface area contributed by atoms with Gasteiger partial charge in [-0.05, 0) is 23.8 Å². The molecule has 0 saturated carbocycles. The molecule has 0 fully saturated rings. The number of halogens is 4. The maximum absolute atomic E-state index is 13.6. The lowest BCUT2D eigenvalue weighted by molar-refractivity contribution is -0.0498. The summed E-state index contributed by atoms with van der Waals surface area (Å²) in [6, 6.07) is 7.79. The monoisotopic (exact) mass is 285 g/mol. The maximum Gasteiger partial charge on any atom is 0.387 e. The molecular weight excluding hydrogens is 274 g/mol. The van der Waals surface area contributed by atoms with Gasteiger partial charge in [-0.15, -0.1) is 0 Å². The van der Waals surface area contributed by atoms with Gasteiger partial charge in [-0.25, -0.2) is 8.78 Å². The van der Waals surface area contributed by atoms with Crippen molar-refractivity contribution in [3.8, 4) is 5.75 Å². The van der Waals surface area contributed by atoms with Crippen LogP contribution in [-0.2, 0) is 0 Å². The molecule has 20 heavy (non-hydrogen) atoms. The average molecular weight is 285 g/mol. The first-order valence-electron chi connectivity index (χ1n) is 5.72. The first-order valence-corrected chi connectivity index (χ1v) is 5.72. The standard InChI is InChI=1S/C14H11F4NO/c15-9-3-6-11(12(16)7-9)13(19)8-1-4-10(5-2-8)20-14(17)18/h1-7,13-14H,19H2. The molecule has 0 spiro atoms. The first kappa shape index (κ1) is 14.3. The molecule has 2 aromatic carbocycles. The Labute approximate surface area is 112 Å². The van der Waals surface area contributed by atoms with Crippen molar-refractivity contribution in [2.45, 2.75) is 12.7 Å². The lowest BCUT2D eigenvalue weighted by Gasteiger charge is -2.14. The van der Waals surface area contributed by atoms with Gasteiger partial charge in [0.1, 0.15) is 17.4 Å². The third-order valence-electron chi connectivity index (χ3n) is 2.76. The van der Waals surface area contributed by atoms with Gasteiger partial charge in [-0.1, -0.05) is 18.2 Å². The average Bonchev–Trinajstić information content (AvgIpc) is 2.38. The number of rotatable bonds is 4. The van der Waals surface area contributed by atoms with Crippen LogP contribution < -0.4 is 10.5 Å². The Hall–Kier alpha value is -2.08. The van der Waals surface area contributed by atoms with Gasteiger partial charge in [0.25, 0.3) is 0 Å². The van der Waals surface area contributed by atoms with Crippen LogP contribution in [-0.4, -0.2) is 6.61 Å². The van der Waals surface area contributed by atoms with E-state index in [0.717, 1.165) is 12.1 Å². The van der Waals surface area contributed by atoms with Crippen LogP contribution in [0.5, 0.6) is 5.75 Å². The zero-order valence-electron chi connectivity index (χ0n) is 10.2. The normalized spacial score (nSPS) is 12.5. The van der Waals surface area contributed by atoms with Crippen molar-refractivity contribution in [2.75, 3.05) is 0 Å². The van der Waals surface area contributed by atoms with Crippen LogP contribution >= 0.6 is 0 Å². The summed E-state index contributed by atoms with van der Waals surface area (Å²) >= 11 is 0. The van der Waals surface area contributed by atoms with E-state index < -0.39 is 24.3 Å². The molecule has 0 aliphatic heterocycles. The first-order chi connectivity index (χ1) is 9.47. The van der Waals surface area contributed by atoms with Crippen LogP contribution in [0, 0.1) is 11.6 Å². The van der Waals surface area contributed by atoms with E-state index in [1.807, 2.05) is 0 Å². The maximum atomic E-state index is 13.6. The molecule has 2 rings (SSSR count). The molecule has 0 amide bonds. The number of nitrogens with two attached hydrogens (primary N) is 1. The molecule has 0 heterocycles. The summed E-state index contributed by atoms with van der Waals surface area (Å²) in [5.74, 6) is -1.47. The largest absolute Gasteiger partial charge is 0.435 e. The van der Waals surface area contributed by atoms with Gasteiger partial charge in [0.05, 0.1) is 6.04 Å². The van der Waals surface area contributed by atoms with Crippen molar-refractivity contribution >= 4 is 0 Å². The number of alkyl halides is 2. The highest BCUT2D eigenvalue weighted by Gasteiger charge is 2.14. The van der Waals surface area contributed by atoms with Crippen LogP contribution in [0.15, 0.2) is 42.5 Å². The summed E-state index contributed by atoms with van der Waals surface area (Å²) in [6.45, 7) is -2.91. The number of benzene rings is 2. The molecule has 0 saturated heterocycles. The molecule has 2 aromatic rings. The number of ether oxygens (including phenoxy) is 1. The number of hydrogen-bond acceptors (Lipinski definition) is 2. The van der Waals surface area contributed by atoms with Gasteiger partial charge < -0.3 is 10.5 Å². The minimum Gasteiger partial charge on any atom is -0.435 e. The molecule has 0 aliphatic rings.